The van der Waals surface area contributed by atoms with Crippen molar-refractivity contribution in [2.75, 3.05) is 0 Å². The van der Waals surface area contributed by atoms with Gasteiger partial charge in [0.25, 0.3) is 0 Å². The first-order valence-electron chi connectivity index (χ1n) is 5.59. The van der Waals surface area contributed by atoms with Crippen LogP contribution < -0.4 is 0 Å². The van der Waals surface area contributed by atoms with E-state index in [4.69, 9.17) is 5.11 Å². The molecule has 80 valence electrons. The van der Waals surface area contributed by atoms with Gasteiger partial charge in [-0.3, -0.25) is 4.79 Å². The molecule has 0 radical (unpaired) electrons. The van der Waals surface area contributed by atoms with Crippen molar-refractivity contribution in [1.82, 2.24) is 0 Å². The van der Waals surface area contributed by atoms with Gasteiger partial charge in [0.05, 0.1) is 5.92 Å². The van der Waals surface area contributed by atoms with Crippen LogP contribution in [0.25, 0.3) is 0 Å². The van der Waals surface area contributed by atoms with Crippen molar-refractivity contribution >= 4 is 5.97 Å². The minimum Gasteiger partial charge on any atom is -0.481 e. The molecule has 0 saturated heterocycles. The second-order valence-corrected chi connectivity index (χ2v) is 4.28. The summed E-state index contributed by atoms with van der Waals surface area (Å²) in [4.78, 5) is 10.9. The van der Waals surface area contributed by atoms with Crippen molar-refractivity contribution in [2.24, 2.45) is 5.92 Å². The maximum absolute atomic E-state index is 10.9. The highest BCUT2D eigenvalue weighted by molar-refractivity contribution is 5.69. The van der Waals surface area contributed by atoms with Gasteiger partial charge in [0.15, 0.2) is 0 Å². The van der Waals surface area contributed by atoms with Gasteiger partial charge < -0.3 is 5.11 Å². The van der Waals surface area contributed by atoms with Gasteiger partial charge in [-0.2, -0.15) is 0 Å². The van der Waals surface area contributed by atoms with Crippen LogP contribution in [0.15, 0.2) is 12.2 Å². The van der Waals surface area contributed by atoms with E-state index in [1.165, 1.54) is 5.57 Å². The molecule has 0 aromatic carbocycles. The van der Waals surface area contributed by atoms with Crippen LogP contribution in [0, 0.1) is 5.92 Å². The van der Waals surface area contributed by atoms with Gasteiger partial charge in [-0.05, 0) is 38.5 Å². The van der Waals surface area contributed by atoms with Crippen molar-refractivity contribution in [3.8, 4) is 0 Å². The zero-order valence-corrected chi connectivity index (χ0v) is 8.80. The first-order chi connectivity index (χ1) is 6.70. The number of aliphatic carboxylic acids is 1. The summed E-state index contributed by atoms with van der Waals surface area (Å²) in [6.45, 7) is 4.03. The Kier molecular flexibility index (Phi) is 4.71. The van der Waals surface area contributed by atoms with E-state index >= 15 is 0 Å². The lowest BCUT2D eigenvalue weighted by atomic mass is 9.91. The molecule has 1 aliphatic carbocycles. The molecule has 0 unspecified atom stereocenters. The Morgan fingerprint density at radius 1 is 1.14 bits per heavy atom. The predicted octanol–water partition coefficient (Wildman–Crippen LogP) is 3.38. The Bertz CT molecular complexity index is 194. The van der Waals surface area contributed by atoms with Crippen LogP contribution in [-0.4, -0.2) is 11.1 Å². The first kappa shape index (κ1) is 11.3. The third-order valence-electron chi connectivity index (χ3n) is 3.02. The highest BCUT2D eigenvalue weighted by atomic mass is 16.4. The topological polar surface area (TPSA) is 37.3 Å². The van der Waals surface area contributed by atoms with Crippen molar-refractivity contribution in [2.45, 2.75) is 51.4 Å². The molecule has 0 spiro atoms. The van der Waals surface area contributed by atoms with Crippen molar-refractivity contribution in [3.05, 3.63) is 12.2 Å². The third-order valence-corrected chi connectivity index (χ3v) is 3.02. The van der Waals surface area contributed by atoms with E-state index in [2.05, 4.69) is 6.58 Å². The van der Waals surface area contributed by atoms with E-state index in [-0.39, 0.29) is 5.92 Å². The van der Waals surface area contributed by atoms with Crippen LogP contribution >= 0.6 is 0 Å². The lowest BCUT2D eigenvalue weighted by Crippen LogP contribution is -2.14. The molecule has 14 heavy (non-hydrogen) atoms. The van der Waals surface area contributed by atoms with Crippen LogP contribution in [0.3, 0.4) is 0 Å². The summed E-state index contributed by atoms with van der Waals surface area (Å²) in [5.41, 5.74) is 1.35. The zero-order chi connectivity index (χ0) is 10.4. The molecule has 1 rings (SSSR count). The number of carboxylic acid groups (broad SMARTS) is 1. The third kappa shape index (κ3) is 3.95. The van der Waals surface area contributed by atoms with Gasteiger partial charge in [-0.1, -0.05) is 25.0 Å². The Labute approximate surface area is 86.0 Å². The van der Waals surface area contributed by atoms with Crippen LogP contribution in [0.4, 0.5) is 0 Å². The molecule has 0 aliphatic heterocycles. The molecule has 1 fully saturated rings. The summed E-state index contributed by atoms with van der Waals surface area (Å²) < 4.78 is 0. The molecule has 0 atom stereocenters. The Morgan fingerprint density at radius 3 is 2.07 bits per heavy atom. The minimum atomic E-state index is -0.607. The van der Waals surface area contributed by atoms with Gasteiger partial charge in [0.2, 0.25) is 0 Å². The smallest absolute Gasteiger partial charge is 0.306 e. The summed E-state index contributed by atoms with van der Waals surface area (Å²) in [5, 5.41) is 8.95. The molecule has 1 aliphatic rings. The number of allylic oxidation sites excluding steroid dienone is 1. The largest absolute Gasteiger partial charge is 0.481 e. The SMILES string of the molecule is C=C1CCCCC(C(=O)O)CCCC1. The van der Waals surface area contributed by atoms with Gasteiger partial charge in [-0.15, -0.1) is 0 Å². The number of hydrogen-bond acceptors (Lipinski definition) is 1. The summed E-state index contributed by atoms with van der Waals surface area (Å²) in [7, 11) is 0. The molecule has 2 heteroatoms. The molecule has 1 saturated carbocycles. The summed E-state index contributed by atoms with van der Waals surface area (Å²) >= 11 is 0. The predicted molar refractivity (Wildman–Crippen MR) is 57.2 cm³/mol. The molecule has 1 N–H and O–H groups in total. The Balaban J connectivity index is 2.38. The molecule has 0 amide bonds. The van der Waals surface area contributed by atoms with Crippen LogP contribution in [-0.2, 0) is 4.79 Å². The quantitative estimate of drug-likeness (QED) is 0.653. The second kappa shape index (κ2) is 5.84. The maximum Gasteiger partial charge on any atom is 0.306 e. The molecular weight excluding hydrogens is 176 g/mol. The average Bonchev–Trinajstić information content (AvgIpc) is 2.15. The van der Waals surface area contributed by atoms with E-state index in [1.807, 2.05) is 0 Å². The van der Waals surface area contributed by atoms with Gasteiger partial charge in [-0.25, -0.2) is 0 Å². The highest BCUT2D eigenvalue weighted by Crippen LogP contribution is 2.23. The zero-order valence-electron chi connectivity index (χ0n) is 8.80. The van der Waals surface area contributed by atoms with Crippen LogP contribution in [0.1, 0.15) is 51.4 Å². The van der Waals surface area contributed by atoms with Crippen molar-refractivity contribution < 1.29 is 9.90 Å². The molecule has 0 bridgehead atoms. The fourth-order valence-corrected chi connectivity index (χ4v) is 2.05. The molecule has 0 heterocycles. The number of hydrogen-bond donors (Lipinski definition) is 1. The van der Waals surface area contributed by atoms with Gasteiger partial charge >= 0.3 is 5.97 Å². The molecule has 2 nitrogen and oxygen atoms in total. The molecule has 0 aromatic heterocycles. The number of carbonyl (C=O) groups is 1. The van der Waals surface area contributed by atoms with Crippen molar-refractivity contribution in [1.29, 1.82) is 0 Å². The Hall–Kier alpha value is -0.790. The van der Waals surface area contributed by atoms with Gasteiger partial charge in [0, 0.05) is 0 Å². The average molecular weight is 196 g/mol. The normalized spacial score (nSPS) is 21.9. The highest BCUT2D eigenvalue weighted by Gasteiger charge is 2.17. The summed E-state index contributed by atoms with van der Waals surface area (Å²) in [6, 6.07) is 0. The van der Waals surface area contributed by atoms with Crippen LogP contribution in [0.2, 0.25) is 0 Å². The lowest BCUT2D eigenvalue weighted by molar-refractivity contribution is -0.142. The number of rotatable bonds is 1. The van der Waals surface area contributed by atoms with Crippen molar-refractivity contribution in [3.63, 3.8) is 0 Å². The Morgan fingerprint density at radius 2 is 1.64 bits per heavy atom. The van der Waals surface area contributed by atoms with E-state index in [0.717, 1.165) is 51.4 Å². The summed E-state index contributed by atoms with van der Waals surface area (Å²) in [6.07, 6.45) is 8.18. The maximum atomic E-state index is 10.9. The second-order valence-electron chi connectivity index (χ2n) is 4.28. The summed E-state index contributed by atoms with van der Waals surface area (Å²) in [5.74, 6) is -0.703. The first-order valence-corrected chi connectivity index (χ1v) is 5.59. The van der Waals surface area contributed by atoms with E-state index in [1.54, 1.807) is 0 Å². The lowest BCUT2D eigenvalue weighted by Gasteiger charge is -2.15. The van der Waals surface area contributed by atoms with E-state index in [0.29, 0.717) is 0 Å². The molecular formula is C12H20O2. The molecule has 0 aromatic rings. The van der Waals surface area contributed by atoms with Gasteiger partial charge in [0.1, 0.15) is 0 Å². The fraction of sp³-hybridized carbons (Fsp3) is 0.750. The van der Waals surface area contributed by atoms with Crippen LogP contribution in [0.5, 0.6) is 0 Å². The monoisotopic (exact) mass is 196 g/mol. The number of carboxylic acids is 1. The standard InChI is InChI=1S/C12H20O2/c1-10-6-2-4-8-11(12(13)14)9-5-3-7-10/h11H,1-9H2,(H,13,14). The van der Waals surface area contributed by atoms with E-state index in [9.17, 15) is 4.79 Å². The minimum absolute atomic E-state index is 0.0960. The fourth-order valence-electron chi connectivity index (χ4n) is 2.05. The van der Waals surface area contributed by atoms with E-state index < -0.39 is 5.97 Å².